The van der Waals surface area contributed by atoms with Gasteiger partial charge in [0.1, 0.15) is 5.82 Å². The summed E-state index contributed by atoms with van der Waals surface area (Å²) in [7, 11) is -3.59. The second-order valence-electron chi connectivity index (χ2n) is 8.09. The molecule has 0 unspecified atom stereocenters. The maximum absolute atomic E-state index is 13.0. The maximum atomic E-state index is 13.0. The molecule has 4 rings (SSSR count). The van der Waals surface area contributed by atoms with E-state index in [0.717, 1.165) is 37.0 Å². The molecular formula is C23H27FN4O3S. The molecule has 0 aliphatic carbocycles. The molecule has 0 N–H and O–H groups in total. The average Bonchev–Trinajstić information content (AvgIpc) is 2.84. The lowest BCUT2D eigenvalue weighted by Crippen LogP contribution is -2.52. The van der Waals surface area contributed by atoms with Crippen molar-refractivity contribution in [2.24, 2.45) is 5.92 Å². The maximum Gasteiger partial charge on any atom is 0.236 e. The van der Waals surface area contributed by atoms with Crippen LogP contribution in [0.4, 0.5) is 10.1 Å². The monoisotopic (exact) mass is 458 g/mol. The standard InChI is InChI=1S/C23H27FN4O3S/c24-21-3-1-19(2-4-21)9-18-32(30,31)28-16-14-27(15-17-28)23(29)20-7-12-26(13-8-20)22-5-10-25-11-6-22/h1-6,9-11,18,20H,7-8,12-17H2/b18-9+. The number of amides is 1. The van der Waals surface area contributed by atoms with Gasteiger partial charge in [0, 0.05) is 68.7 Å². The lowest BCUT2D eigenvalue weighted by molar-refractivity contribution is -0.137. The average molecular weight is 459 g/mol. The highest BCUT2D eigenvalue weighted by Gasteiger charge is 2.32. The fourth-order valence-corrected chi connectivity index (χ4v) is 5.36. The first-order valence-corrected chi connectivity index (χ1v) is 12.3. The first-order chi connectivity index (χ1) is 15.4. The molecule has 2 aliphatic rings. The van der Waals surface area contributed by atoms with Crippen LogP contribution in [0.3, 0.4) is 0 Å². The van der Waals surface area contributed by atoms with Gasteiger partial charge >= 0.3 is 0 Å². The van der Waals surface area contributed by atoms with Gasteiger partial charge in [-0.2, -0.15) is 4.31 Å². The Balaban J connectivity index is 1.27. The first kappa shape index (κ1) is 22.4. The van der Waals surface area contributed by atoms with Crippen molar-refractivity contribution in [2.45, 2.75) is 12.8 Å². The molecule has 0 saturated carbocycles. The minimum absolute atomic E-state index is 0.0189. The van der Waals surface area contributed by atoms with Crippen LogP contribution >= 0.6 is 0 Å². The Morgan fingerprint density at radius 3 is 2.19 bits per heavy atom. The summed E-state index contributed by atoms with van der Waals surface area (Å²) in [6, 6.07) is 9.59. The number of carbonyl (C=O) groups is 1. The number of pyridine rings is 1. The highest BCUT2D eigenvalue weighted by molar-refractivity contribution is 7.92. The number of hydrogen-bond acceptors (Lipinski definition) is 5. The summed E-state index contributed by atoms with van der Waals surface area (Å²) in [5, 5.41) is 1.15. The second kappa shape index (κ2) is 9.79. The van der Waals surface area contributed by atoms with E-state index in [1.807, 2.05) is 12.1 Å². The molecule has 2 fully saturated rings. The van der Waals surface area contributed by atoms with Crippen LogP contribution in [0, 0.1) is 11.7 Å². The number of hydrogen-bond donors (Lipinski definition) is 0. The van der Waals surface area contributed by atoms with Gasteiger partial charge in [-0.1, -0.05) is 12.1 Å². The number of halogens is 1. The lowest BCUT2D eigenvalue weighted by atomic mass is 9.94. The minimum atomic E-state index is -3.59. The Bertz CT molecular complexity index is 1040. The molecule has 1 aromatic carbocycles. The SMILES string of the molecule is O=C(C1CCN(c2ccncc2)CC1)N1CCN(S(=O)(=O)/C=C/c2ccc(F)cc2)CC1. The highest BCUT2D eigenvalue weighted by atomic mass is 32.2. The molecule has 2 aromatic rings. The largest absolute Gasteiger partial charge is 0.371 e. The van der Waals surface area contributed by atoms with Crippen molar-refractivity contribution in [3.8, 4) is 0 Å². The van der Waals surface area contributed by atoms with E-state index < -0.39 is 10.0 Å². The van der Waals surface area contributed by atoms with Gasteiger partial charge in [0.25, 0.3) is 0 Å². The molecule has 7 nitrogen and oxygen atoms in total. The summed E-state index contributed by atoms with van der Waals surface area (Å²) in [6.45, 7) is 2.99. The number of aromatic nitrogens is 1. The summed E-state index contributed by atoms with van der Waals surface area (Å²) in [5.74, 6) is -0.262. The van der Waals surface area contributed by atoms with E-state index in [2.05, 4.69) is 9.88 Å². The van der Waals surface area contributed by atoms with Crippen molar-refractivity contribution in [1.82, 2.24) is 14.2 Å². The Morgan fingerprint density at radius 1 is 0.938 bits per heavy atom. The van der Waals surface area contributed by atoms with E-state index >= 15 is 0 Å². The molecule has 2 aliphatic heterocycles. The zero-order valence-corrected chi connectivity index (χ0v) is 18.6. The van der Waals surface area contributed by atoms with Gasteiger partial charge in [-0.25, -0.2) is 12.8 Å². The third-order valence-corrected chi connectivity index (χ3v) is 7.65. The van der Waals surface area contributed by atoms with Crippen LogP contribution < -0.4 is 4.90 Å². The Labute approximate surface area is 188 Å². The van der Waals surface area contributed by atoms with E-state index in [4.69, 9.17) is 0 Å². The fraction of sp³-hybridized carbons (Fsp3) is 0.391. The van der Waals surface area contributed by atoms with Gasteiger partial charge in [-0.15, -0.1) is 0 Å². The van der Waals surface area contributed by atoms with E-state index in [9.17, 15) is 17.6 Å². The number of piperidine rings is 1. The van der Waals surface area contributed by atoms with E-state index in [0.29, 0.717) is 18.7 Å². The second-order valence-corrected chi connectivity index (χ2v) is 9.91. The van der Waals surface area contributed by atoms with Gasteiger partial charge in [-0.3, -0.25) is 9.78 Å². The van der Waals surface area contributed by atoms with Crippen LogP contribution in [0.25, 0.3) is 6.08 Å². The van der Waals surface area contributed by atoms with Gasteiger partial charge in [0.05, 0.1) is 0 Å². The zero-order valence-electron chi connectivity index (χ0n) is 17.8. The van der Waals surface area contributed by atoms with Gasteiger partial charge in [0.15, 0.2) is 0 Å². The number of rotatable bonds is 5. The summed E-state index contributed by atoms with van der Waals surface area (Å²) in [6.07, 6.45) is 6.59. The molecule has 3 heterocycles. The molecule has 170 valence electrons. The molecular weight excluding hydrogens is 431 g/mol. The smallest absolute Gasteiger partial charge is 0.236 e. The molecule has 0 bridgehead atoms. The zero-order chi connectivity index (χ0) is 22.6. The van der Waals surface area contributed by atoms with Crippen LogP contribution in [-0.2, 0) is 14.8 Å². The number of benzene rings is 1. The van der Waals surface area contributed by atoms with Crippen molar-refractivity contribution in [2.75, 3.05) is 44.2 Å². The van der Waals surface area contributed by atoms with Crippen LogP contribution in [0.2, 0.25) is 0 Å². The van der Waals surface area contributed by atoms with Crippen molar-refractivity contribution < 1.29 is 17.6 Å². The Kier molecular flexibility index (Phi) is 6.86. The number of sulfonamides is 1. The van der Waals surface area contributed by atoms with E-state index in [-0.39, 0.29) is 30.7 Å². The van der Waals surface area contributed by atoms with Crippen molar-refractivity contribution in [3.63, 3.8) is 0 Å². The van der Waals surface area contributed by atoms with Crippen LogP contribution in [-0.4, -0.2) is 67.8 Å². The molecule has 1 amide bonds. The van der Waals surface area contributed by atoms with Crippen molar-refractivity contribution in [3.05, 3.63) is 65.6 Å². The summed E-state index contributed by atoms with van der Waals surface area (Å²) < 4.78 is 39.6. The van der Waals surface area contributed by atoms with Crippen LogP contribution in [0.1, 0.15) is 18.4 Å². The van der Waals surface area contributed by atoms with Crippen molar-refractivity contribution >= 4 is 27.7 Å². The van der Waals surface area contributed by atoms with Gasteiger partial charge in [-0.05, 0) is 48.7 Å². The molecule has 2 saturated heterocycles. The molecule has 0 atom stereocenters. The molecule has 0 radical (unpaired) electrons. The minimum Gasteiger partial charge on any atom is -0.371 e. The fourth-order valence-electron chi connectivity index (χ4n) is 4.19. The number of nitrogens with zero attached hydrogens (tertiary/aromatic N) is 4. The normalized spacial score (nSPS) is 18.9. The number of anilines is 1. The number of piperazine rings is 1. The van der Waals surface area contributed by atoms with Gasteiger partial charge < -0.3 is 9.80 Å². The van der Waals surface area contributed by atoms with Crippen LogP contribution in [0.15, 0.2) is 54.2 Å². The molecule has 0 spiro atoms. The summed E-state index contributed by atoms with van der Waals surface area (Å²) in [5.41, 5.74) is 1.74. The Hall–Kier alpha value is -2.78. The first-order valence-electron chi connectivity index (χ1n) is 10.8. The summed E-state index contributed by atoms with van der Waals surface area (Å²) in [4.78, 5) is 21.1. The van der Waals surface area contributed by atoms with Gasteiger partial charge in [0.2, 0.25) is 15.9 Å². The lowest BCUT2D eigenvalue weighted by Gasteiger charge is -2.38. The third-order valence-electron chi connectivity index (χ3n) is 6.08. The predicted octanol–water partition coefficient (Wildman–Crippen LogP) is 2.58. The number of carbonyl (C=O) groups excluding carboxylic acids is 1. The van der Waals surface area contributed by atoms with Crippen LogP contribution in [0.5, 0.6) is 0 Å². The predicted molar refractivity (Wildman–Crippen MR) is 122 cm³/mol. The highest BCUT2D eigenvalue weighted by Crippen LogP contribution is 2.25. The molecule has 32 heavy (non-hydrogen) atoms. The topological polar surface area (TPSA) is 73.8 Å². The Morgan fingerprint density at radius 2 is 1.56 bits per heavy atom. The quantitative estimate of drug-likeness (QED) is 0.689. The third kappa shape index (κ3) is 5.34. The molecule has 9 heteroatoms. The van der Waals surface area contributed by atoms with Crippen molar-refractivity contribution in [1.29, 1.82) is 0 Å². The van der Waals surface area contributed by atoms with E-state index in [1.54, 1.807) is 17.3 Å². The summed E-state index contributed by atoms with van der Waals surface area (Å²) >= 11 is 0. The molecule has 1 aromatic heterocycles. The van der Waals surface area contributed by atoms with E-state index in [1.165, 1.54) is 34.6 Å².